The molecule has 0 spiro atoms. The van der Waals surface area contributed by atoms with E-state index in [0.29, 0.717) is 32.4 Å². The van der Waals surface area contributed by atoms with Crippen LogP contribution in [0.15, 0.2) is 78.4 Å². The Kier molecular flexibility index (Phi) is 7.29. The third-order valence-corrected chi connectivity index (χ3v) is 10.6. The van der Waals surface area contributed by atoms with E-state index in [-0.39, 0.29) is 29.3 Å². The molecule has 0 bridgehead atoms. The molecule has 6 atom stereocenters. The number of phenols is 1. The molecular formula is C34H28Cl2N4O7. The number of benzene rings is 3. The van der Waals surface area contributed by atoms with Gasteiger partial charge < -0.3 is 15.6 Å². The van der Waals surface area contributed by atoms with Crippen molar-refractivity contribution < 1.29 is 33.8 Å². The number of halogens is 2. The third-order valence-electron chi connectivity index (χ3n) is 10.0. The van der Waals surface area contributed by atoms with E-state index in [1.165, 1.54) is 19.2 Å². The first-order valence-electron chi connectivity index (χ1n) is 14.9. The Hall–Kier alpha value is -4.87. The average molecular weight is 676 g/mol. The third kappa shape index (κ3) is 4.36. The van der Waals surface area contributed by atoms with Gasteiger partial charge in [-0.25, -0.2) is 4.79 Å². The molecule has 3 aromatic carbocycles. The molecule has 6 amide bonds. The molecule has 3 fully saturated rings. The summed E-state index contributed by atoms with van der Waals surface area (Å²) in [5.74, 6) is -6.86. The number of hydrazine groups is 1. The number of ether oxygens (including phenoxy) is 1. The number of phenolic OH excluding ortho intramolecular Hbond substituents is 1. The lowest BCUT2D eigenvalue weighted by atomic mass is 9.49. The molecule has 2 saturated heterocycles. The van der Waals surface area contributed by atoms with E-state index in [2.05, 4.69) is 5.43 Å². The fourth-order valence-electron chi connectivity index (χ4n) is 8.14. The molecule has 0 unspecified atom stereocenters. The molecule has 4 aliphatic rings. The number of fused-ring (bicyclic) bond motifs is 4. The van der Waals surface area contributed by atoms with Gasteiger partial charge in [-0.1, -0.05) is 65.2 Å². The number of imide groups is 4. The molecule has 47 heavy (non-hydrogen) atoms. The molecule has 2 aliphatic heterocycles. The van der Waals surface area contributed by atoms with Gasteiger partial charge in [-0.15, -0.1) is 0 Å². The van der Waals surface area contributed by atoms with Crippen LogP contribution in [0, 0.1) is 23.7 Å². The highest BCUT2D eigenvalue weighted by Gasteiger charge is 2.70. The Bertz CT molecular complexity index is 1910. The Morgan fingerprint density at radius 3 is 2.36 bits per heavy atom. The van der Waals surface area contributed by atoms with Crippen molar-refractivity contribution in [1.29, 1.82) is 0 Å². The number of hydrogen-bond acceptors (Lipinski definition) is 8. The van der Waals surface area contributed by atoms with Crippen LogP contribution in [0.1, 0.15) is 29.9 Å². The van der Waals surface area contributed by atoms with Crippen molar-refractivity contribution in [2.45, 2.75) is 24.2 Å². The van der Waals surface area contributed by atoms with E-state index < -0.39 is 64.7 Å². The summed E-state index contributed by atoms with van der Waals surface area (Å²) in [5.41, 5.74) is 8.44. The number of methoxy groups -OCH3 is 1. The van der Waals surface area contributed by atoms with Crippen molar-refractivity contribution >= 4 is 58.5 Å². The van der Waals surface area contributed by atoms with Gasteiger partial charge in [0.15, 0.2) is 0 Å². The second-order valence-electron chi connectivity index (χ2n) is 12.1. The van der Waals surface area contributed by atoms with Crippen LogP contribution in [-0.4, -0.2) is 51.8 Å². The number of nitrogens with two attached hydrogens (primary N) is 1. The first-order valence-corrected chi connectivity index (χ1v) is 15.7. The molecule has 7 rings (SSSR count). The summed E-state index contributed by atoms with van der Waals surface area (Å²) in [7, 11) is 1.51. The molecule has 0 aromatic heterocycles. The van der Waals surface area contributed by atoms with Crippen LogP contribution in [0.5, 0.6) is 11.5 Å². The summed E-state index contributed by atoms with van der Waals surface area (Å²) in [4.78, 5) is 69.3. The zero-order valence-corrected chi connectivity index (χ0v) is 26.4. The van der Waals surface area contributed by atoms with Crippen LogP contribution in [0.3, 0.4) is 0 Å². The van der Waals surface area contributed by atoms with Gasteiger partial charge in [-0.2, -0.15) is 9.91 Å². The summed E-state index contributed by atoms with van der Waals surface area (Å²) < 4.78 is 5.39. The Morgan fingerprint density at radius 1 is 0.979 bits per heavy atom. The maximum absolute atomic E-state index is 15.1. The summed E-state index contributed by atoms with van der Waals surface area (Å²) in [5, 5.41) is 12.8. The Labute approximate surface area is 278 Å². The van der Waals surface area contributed by atoms with Gasteiger partial charge in [-0.05, 0) is 60.7 Å². The van der Waals surface area contributed by atoms with Crippen molar-refractivity contribution in [3.8, 4) is 11.5 Å². The zero-order valence-electron chi connectivity index (χ0n) is 24.9. The maximum Gasteiger partial charge on any atom is 0.328 e. The summed E-state index contributed by atoms with van der Waals surface area (Å²) in [6, 6.07) is 16.7. The van der Waals surface area contributed by atoms with Gasteiger partial charge in [0.1, 0.15) is 11.5 Å². The Balaban J connectivity index is 1.47. The molecule has 1 saturated carbocycles. The van der Waals surface area contributed by atoms with Crippen molar-refractivity contribution in [2.75, 3.05) is 12.5 Å². The first kappa shape index (κ1) is 30.8. The van der Waals surface area contributed by atoms with Crippen molar-refractivity contribution in [3.05, 3.63) is 99.6 Å². The van der Waals surface area contributed by atoms with Gasteiger partial charge in [-0.3, -0.25) is 24.6 Å². The number of carbonyl (C=O) groups excluding carboxylic acids is 5. The molecule has 2 heterocycles. The highest BCUT2D eigenvalue weighted by Crippen LogP contribution is 2.65. The highest BCUT2D eigenvalue weighted by atomic mass is 35.5. The topological polar surface area (TPSA) is 159 Å². The molecule has 4 N–H and O–H groups in total. The molecule has 3 aromatic rings. The van der Waals surface area contributed by atoms with Crippen LogP contribution < -0.4 is 15.9 Å². The van der Waals surface area contributed by atoms with E-state index in [4.69, 9.17) is 33.7 Å². The molecule has 13 heteroatoms. The number of urea groups is 1. The number of anilines is 1. The number of para-hydroxylation sites is 1. The minimum Gasteiger partial charge on any atom is -0.508 e. The predicted octanol–water partition coefficient (Wildman–Crippen LogP) is 4.77. The SMILES string of the molecule is COc1ccc([C@@]23C(=O)N(Nc4ccc(Cl)cc4Cl)C(=O)[C@@H]2C[C@@H]2C(=CC[C@@H]4C(=O)N(C(N)=O)C(=O)[C@@H]42)[C@@H]3c2ccccc2O)cc1. The number of carbonyl (C=O) groups is 5. The lowest BCUT2D eigenvalue weighted by molar-refractivity contribution is -0.139. The quantitative estimate of drug-likeness (QED) is 0.258. The standard InChI is InChI=1S/C34H28Cl2N4O7/c1-47-18-9-6-16(7-10-18)34-23(30(43)40(32(34)45)38-25-13-8-17(35)14-24(25)36)15-22-19(28(34)20-4-2-3-5-26(20)41)11-12-21-27(22)31(44)39(29(21)42)33(37)46/h2-11,13-14,21-23,27-28,38,41H,12,15H2,1H3,(H2,37,46)/t21-,22+,23-,27-,28+,34+/m0/s1. The number of rotatable bonds is 5. The number of nitrogens with zero attached hydrogens (tertiary/aromatic N) is 2. The number of aromatic hydroxyl groups is 1. The predicted molar refractivity (Wildman–Crippen MR) is 170 cm³/mol. The minimum absolute atomic E-state index is 0.00809. The van der Waals surface area contributed by atoms with Crippen molar-refractivity contribution in [1.82, 2.24) is 9.91 Å². The number of hydrogen-bond donors (Lipinski definition) is 3. The van der Waals surface area contributed by atoms with Gasteiger partial charge in [0.05, 0.1) is 41.0 Å². The Morgan fingerprint density at radius 2 is 1.70 bits per heavy atom. The normalized spacial score (nSPS) is 28.1. The second-order valence-corrected chi connectivity index (χ2v) is 13.0. The van der Waals surface area contributed by atoms with E-state index in [9.17, 15) is 24.3 Å². The van der Waals surface area contributed by atoms with Crippen molar-refractivity contribution in [2.24, 2.45) is 29.4 Å². The number of allylic oxidation sites excluding steroid dienone is 2. The lowest BCUT2D eigenvalue weighted by Gasteiger charge is -2.50. The van der Waals surface area contributed by atoms with Crippen molar-refractivity contribution in [3.63, 3.8) is 0 Å². The van der Waals surface area contributed by atoms with Gasteiger partial charge in [0, 0.05) is 16.5 Å². The van der Waals surface area contributed by atoms with Crippen LogP contribution in [-0.2, 0) is 24.6 Å². The first-order chi connectivity index (χ1) is 22.5. The summed E-state index contributed by atoms with van der Waals surface area (Å²) in [6.45, 7) is 0. The molecule has 240 valence electrons. The number of nitrogens with one attached hydrogen (secondary N) is 1. The summed E-state index contributed by atoms with van der Waals surface area (Å²) >= 11 is 12.6. The summed E-state index contributed by atoms with van der Waals surface area (Å²) in [6.07, 6.45) is 1.90. The second kappa shape index (κ2) is 11.1. The largest absolute Gasteiger partial charge is 0.508 e. The number of likely N-dealkylation sites (tertiary alicyclic amines) is 1. The molecule has 0 radical (unpaired) electrons. The molecule has 2 aliphatic carbocycles. The monoisotopic (exact) mass is 674 g/mol. The number of primary amides is 1. The smallest absolute Gasteiger partial charge is 0.328 e. The lowest BCUT2D eigenvalue weighted by Crippen LogP contribution is -2.53. The van der Waals surface area contributed by atoms with E-state index >= 15 is 4.79 Å². The molecule has 11 nitrogen and oxygen atoms in total. The van der Waals surface area contributed by atoms with E-state index in [0.717, 1.165) is 5.01 Å². The average Bonchev–Trinajstić information content (AvgIpc) is 3.43. The number of amides is 6. The fourth-order valence-corrected chi connectivity index (χ4v) is 8.59. The van der Waals surface area contributed by atoms with Gasteiger partial charge >= 0.3 is 6.03 Å². The van der Waals surface area contributed by atoms with E-state index in [1.807, 2.05) is 6.08 Å². The minimum atomic E-state index is -1.63. The molecular weight excluding hydrogens is 647 g/mol. The van der Waals surface area contributed by atoms with Gasteiger partial charge in [0.2, 0.25) is 11.8 Å². The highest BCUT2D eigenvalue weighted by molar-refractivity contribution is 6.36. The zero-order chi connectivity index (χ0) is 33.4. The van der Waals surface area contributed by atoms with Crippen LogP contribution in [0.25, 0.3) is 0 Å². The van der Waals surface area contributed by atoms with Crippen LogP contribution in [0.4, 0.5) is 10.5 Å². The maximum atomic E-state index is 15.1. The van der Waals surface area contributed by atoms with E-state index in [1.54, 1.807) is 54.6 Å². The van der Waals surface area contributed by atoms with Crippen LogP contribution >= 0.6 is 23.2 Å². The van der Waals surface area contributed by atoms with Gasteiger partial charge in [0.25, 0.3) is 11.8 Å². The van der Waals surface area contributed by atoms with Crippen LogP contribution in [0.2, 0.25) is 10.0 Å². The fraction of sp³-hybridized carbons (Fsp3) is 0.265.